The van der Waals surface area contributed by atoms with E-state index in [-0.39, 0.29) is 23.0 Å². The highest BCUT2D eigenvalue weighted by atomic mass is 32.2. The van der Waals surface area contributed by atoms with E-state index in [4.69, 9.17) is 4.74 Å². The lowest BCUT2D eigenvalue weighted by atomic mass is 10.2. The first kappa shape index (κ1) is 20.1. The number of nitrogens with one attached hydrogen (secondary N) is 1. The van der Waals surface area contributed by atoms with Gasteiger partial charge in [0.2, 0.25) is 10.0 Å². The molecular formula is C16H24N2O5S. The zero-order valence-corrected chi connectivity index (χ0v) is 15.1. The smallest absolute Gasteiger partial charge is 0.338 e. The van der Waals surface area contributed by atoms with Gasteiger partial charge in [0.1, 0.15) is 0 Å². The van der Waals surface area contributed by atoms with Crippen LogP contribution in [0, 0.1) is 0 Å². The number of benzene rings is 1. The summed E-state index contributed by atoms with van der Waals surface area (Å²) in [6.45, 7) is 6.34. The quantitative estimate of drug-likeness (QED) is 0.675. The number of hydrogen-bond acceptors (Lipinski definition) is 5. The lowest BCUT2D eigenvalue weighted by molar-refractivity contribution is -0.124. The van der Waals surface area contributed by atoms with Gasteiger partial charge >= 0.3 is 5.97 Å². The van der Waals surface area contributed by atoms with E-state index in [1.165, 1.54) is 28.6 Å². The second kappa shape index (κ2) is 9.39. The number of hydrogen-bond donors (Lipinski definition) is 1. The van der Waals surface area contributed by atoms with E-state index in [1.807, 2.05) is 6.92 Å². The summed E-state index contributed by atoms with van der Waals surface area (Å²) in [5.41, 5.74) is 0.191. The first-order valence-electron chi connectivity index (χ1n) is 7.90. The fraction of sp³-hybridized carbons (Fsp3) is 0.500. The molecule has 7 nitrogen and oxygen atoms in total. The Hall–Kier alpha value is -1.93. The second-order valence-corrected chi connectivity index (χ2v) is 6.98. The van der Waals surface area contributed by atoms with Crippen LogP contribution in [0.2, 0.25) is 0 Å². The average Bonchev–Trinajstić information content (AvgIpc) is 2.58. The monoisotopic (exact) mass is 356 g/mol. The summed E-state index contributed by atoms with van der Waals surface area (Å²) in [7, 11) is -3.56. The predicted molar refractivity (Wildman–Crippen MR) is 90.1 cm³/mol. The molecular weight excluding hydrogens is 332 g/mol. The molecule has 0 atom stereocenters. The maximum Gasteiger partial charge on any atom is 0.338 e. The highest BCUT2D eigenvalue weighted by molar-refractivity contribution is 7.89. The molecule has 0 spiro atoms. The van der Waals surface area contributed by atoms with Gasteiger partial charge in [0, 0.05) is 19.6 Å². The standard InChI is InChI=1S/C16H24N2O5S/c1-4-11-17-15(19)12-23-16(20)13-7-9-14(10-8-13)24(21,22)18(5-2)6-3/h7-10H,4-6,11-12H2,1-3H3,(H,17,19). The molecule has 1 aromatic rings. The van der Waals surface area contributed by atoms with Crippen molar-refractivity contribution in [3.05, 3.63) is 29.8 Å². The molecule has 1 rings (SSSR count). The zero-order chi connectivity index (χ0) is 18.2. The van der Waals surface area contributed by atoms with Crippen molar-refractivity contribution in [3.8, 4) is 0 Å². The van der Waals surface area contributed by atoms with E-state index in [9.17, 15) is 18.0 Å². The minimum Gasteiger partial charge on any atom is -0.452 e. The molecule has 0 radical (unpaired) electrons. The predicted octanol–water partition coefficient (Wildman–Crippen LogP) is 1.40. The third-order valence-electron chi connectivity index (χ3n) is 3.34. The average molecular weight is 356 g/mol. The number of sulfonamides is 1. The molecule has 24 heavy (non-hydrogen) atoms. The molecule has 0 saturated carbocycles. The van der Waals surface area contributed by atoms with Crippen LogP contribution in [-0.2, 0) is 19.6 Å². The summed E-state index contributed by atoms with van der Waals surface area (Å²) in [6, 6.07) is 5.48. The molecule has 0 unspecified atom stereocenters. The second-order valence-electron chi connectivity index (χ2n) is 5.04. The molecule has 0 aromatic heterocycles. The van der Waals surface area contributed by atoms with Gasteiger partial charge in [0.15, 0.2) is 6.61 Å². The minimum absolute atomic E-state index is 0.114. The fourth-order valence-electron chi connectivity index (χ4n) is 2.01. The lowest BCUT2D eigenvalue weighted by Crippen LogP contribution is -2.30. The maximum atomic E-state index is 12.3. The Morgan fingerprint density at radius 3 is 2.17 bits per heavy atom. The molecule has 0 aliphatic carbocycles. The number of carbonyl (C=O) groups excluding carboxylic acids is 2. The molecule has 1 N–H and O–H groups in total. The van der Waals surface area contributed by atoms with Crippen molar-refractivity contribution in [2.24, 2.45) is 0 Å². The fourth-order valence-corrected chi connectivity index (χ4v) is 3.46. The highest BCUT2D eigenvalue weighted by Crippen LogP contribution is 2.16. The van der Waals surface area contributed by atoms with Crippen LogP contribution in [0.25, 0.3) is 0 Å². The van der Waals surface area contributed by atoms with Crippen molar-refractivity contribution in [1.29, 1.82) is 0 Å². The van der Waals surface area contributed by atoms with E-state index in [0.29, 0.717) is 19.6 Å². The number of carbonyl (C=O) groups is 2. The maximum absolute atomic E-state index is 12.3. The number of esters is 1. The summed E-state index contributed by atoms with van der Waals surface area (Å²) < 4.78 is 30.9. The molecule has 0 aliphatic heterocycles. The van der Waals surface area contributed by atoms with E-state index >= 15 is 0 Å². The first-order valence-corrected chi connectivity index (χ1v) is 9.34. The van der Waals surface area contributed by atoms with Crippen LogP contribution in [0.15, 0.2) is 29.2 Å². The minimum atomic E-state index is -3.56. The Morgan fingerprint density at radius 2 is 1.67 bits per heavy atom. The Balaban J connectivity index is 2.73. The molecule has 0 fully saturated rings. The molecule has 134 valence electrons. The lowest BCUT2D eigenvalue weighted by Gasteiger charge is -2.18. The van der Waals surface area contributed by atoms with Crippen LogP contribution in [0.3, 0.4) is 0 Å². The molecule has 0 saturated heterocycles. The molecule has 8 heteroatoms. The summed E-state index contributed by atoms with van der Waals surface area (Å²) in [6.07, 6.45) is 0.794. The van der Waals surface area contributed by atoms with Gasteiger partial charge in [-0.25, -0.2) is 13.2 Å². The largest absolute Gasteiger partial charge is 0.452 e. The molecule has 1 aromatic carbocycles. The van der Waals surface area contributed by atoms with Crippen molar-refractivity contribution in [2.45, 2.75) is 32.1 Å². The Bertz CT molecular complexity index is 652. The molecule has 0 aliphatic rings. The van der Waals surface area contributed by atoms with Crippen LogP contribution in [0.5, 0.6) is 0 Å². The summed E-state index contributed by atoms with van der Waals surface area (Å²) >= 11 is 0. The van der Waals surface area contributed by atoms with Crippen molar-refractivity contribution in [2.75, 3.05) is 26.2 Å². The summed E-state index contributed by atoms with van der Waals surface area (Å²) in [5.74, 6) is -1.04. The third-order valence-corrected chi connectivity index (χ3v) is 5.40. The molecule has 0 heterocycles. The first-order chi connectivity index (χ1) is 11.4. The highest BCUT2D eigenvalue weighted by Gasteiger charge is 2.21. The van der Waals surface area contributed by atoms with Crippen LogP contribution in [-0.4, -0.2) is 50.8 Å². The van der Waals surface area contributed by atoms with Crippen molar-refractivity contribution >= 4 is 21.9 Å². The van der Waals surface area contributed by atoms with Crippen molar-refractivity contribution < 1.29 is 22.7 Å². The van der Waals surface area contributed by atoms with E-state index in [1.54, 1.807) is 13.8 Å². The van der Waals surface area contributed by atoms with Gasteiger partial charge in [0.25, 0.3) is 5.91 Å². The van der Waals surface area contributed by atoms with Crippen molar-refractivity contribution in [1.82, 2.24) is 9.62 Å². The van der Waals surface area contributed by atoms with Gasteiger partial charge in [-0.2, -0.15) is 4.31 Å². The number of ether oxygens (including phenoxy) is 1. The SMILES string of the molecule is CCCNC(=O)COC(=O)c1ccc(S(=O)(=O)N(CC)CC)cc1. The molecule has 0 bridgehead atoms. The normalized spacial score (nSPS) is 11.3. The zero-order valence-electron chi connectivity index (χ0n) is 14.2. The van der Waals surface area contributed by atoms with Crippen LogP contribution < -0.4 is 5.32 Å². The number of nitrogens with zero attached hydrogens (tertiary/aromatic N) is 1. The van der Waals surface area contributed by atoms with Gasteiger partial charge in [-0.05, 0) is 30.7 Å². The number of amides is 1. The summed E-state index contributed by atoms with van der Waals surface area (Å²) in [5, 5.41) is 2.59. The van der Waals surface area contributed by atoms with Gasteiger partial charge < -0.3 is 10.1 Å². The number of rotatable bonds is 9. The van der Waals surface area contributed by atoms with Crippen LogP contribution in [0.4, 0.5) is 0 Å². The van der Waals surface area contributed by atoms with Crippen molar-refractivity contribution in [3.63, 3.8) is 0 Å². The third kappa shape index (κ3) is 5.31. The van der Waals surface area contributed by atoms with Gasteiger partial charge in [-0.1, -0.05) is 20.8 Å². The van der Waals surface area contributed by atoms with E-state index < -0.39 is 16.0 Å². The van der Waals surface area contributed by atoms with Gasteiger partial charge in [0.05, 0.1) is 10.5 Å². The topological polar surface area (TPSA) is 92.8 Å². The Morgan fingerprint density at radius 1 is 1.08 bits per heavy atom. The molecule has 1 amide bonds. The summed E-state index contributed by atoms with van der Waals surface area (Å²) in [4.78, 5) is 23.4. The van der Waals surface area contributed by atoms with E-state index in [2.05, 4.69) is 5.32 Å². The van der Waals surface area contributed by atoms with E-state index in [0.717, 1.165) is 6.42 Å². The van der Waals surface area contributed by atoms with Crippen LogP contribution in [0.1, 0.15) is 37.6 Å². The van der Waals surface area contributed by atoms with Crippen LogP contribution >= 0.6 is 0 Å². The Kier molecular flexibility index (Phi) is 7.87. The Labute approximate surface area is 143 Å². The van der Waals surface area contributed by atoms with Gasteiger partial charge in [-0.3, -0.25) is 4.79 Å². The van der Waals surface area contributed by atoms with Gasteiger partial charge in [-0.15, -0.1) is 0 Å².